The molecule has 0 radical (unpaired) electrons. The zero-order valence-electron chi connectivity index (χ0n) is 11.5. The molecule has 0 aromatic heterocycles. The molecule has 0 aromatic carbocycles. The van der Waals surface area contributed by atoms with Gasteiger partial charge in [-0.2, -0.15) is 0 Å². The first-order valence-electron chi connectivity index (χ1n) is 7.19. The van der Waals surface area contributed by atoms with Gasteiger partial charge in [0.2, 0.25) is 10.0 Å². The van der Waals surface area contributed by atoms with Crippen LogP contribution in [-0.4, -0.2) is 32.8 Å². The Hall–Kier alpha value is -0.130. The summed E-state index contributed by atoms with van der Waals surface area (Å²) < 4.78 is 27.1. The van der Waals surface area contributed by atoms with E-state index in [9.17, 15) is 8.42 Å². The normalized spacial score (nSPS) is 24.6. The molecule has 0 heterocycles. The molecule has 0 aliphatic heterocycles. The molecule has 2 rings (SSSR count). The predicted molar refractivity (Wildman–Crippen MR) is 74.0 cm³/mol. The van der Waals surface area contributed by atoms with Crippen molar-refractivity contribution >= 4 is 10.0 Å². The molecule has 0 spiro atoms. The Morgan fingerprint density at radius 2 is 2.00 bits per heavy atom. The fraction of sp³-hybridized carbons (Fsp3) is 1.00. The van der Waals surface area contributed by atoms with Crippen LogP contribution in [0.3, 0.4) is 0 Å². The molecule has 5 heteroatoms. The van der Waals surface area contributed by atoms with Crippen LogP contribution in [0.15, 0.2) is 0 Å². The molecule has 1 atom stereocenters. The lowest BCUT2D eigenvalue weighted by Gasteiger charge is -2.41. The number of rotatable bonds is 8. The number of hydrogen-bond acceptors (Lipinski definition) is 3. The van der Waals surface area contributed by atoms with Crippen LogP contribution < -0.4 is 10.0 Å². The van der Waals surface area contributed by atoms with Crippen LogP contribution >= 0.6 is 0 Å². The molecule has 0 bridgehead atoms. The fourth-order valence-corrected chi connectivity index (χ4v) is 3.57. The largest absolute Gasteiger partial charge is 0.313 e. The van der Waals surface area contributed by atoms with Gasteiger partial charge in [-0.25, -0.2) is 13.1 Å². The van der Waals surface area contributed by atoms with Crippen molar-refractivity contribution in [1.29, 1.82) is 0 Å². The first-order chi connectivity index (χ1) is 8.47. The number of nitrogens with one attached hydrogen (secondary N) is 2. The molecule has 2 fully saturated rings. The van der Waals surface area contributed by atoms with Crippen molar-refractivity contribution in [1.82, 2.24) is 10.0 Å². The van der Waals surface area contributed by atoms with E-state index in [1.165, 1.54) is 32.1 Å². The summed E-state index contributed by atoms with van der Waals surface area (Å²) in [5.41, 5.74) is 0.247. The summed E-state index contributed by atoms with van der Waals surface area (Å²) >= 11 is 0. The zero-order chi connectivity index (χ0) is 13.2. The second-order valence-corrected chi connectivity index (χ2v) is 8.25. The maximum absolute atomic E-state index is 12.1. The average Bonchev–Trinajstić information content (AvgIpc) is 3.08. The molecule has 2 N–H and O–H groups in total. The highest BCUT2D eigenvalue weighted by molar-refractivity contribution is 7.90. The van der Waals surface area contributed by atoms with E-state index >= 15 is 0 Å². The molecule has 1 unspecified atom stereocenters. The van der Waals surface area contributed by atoms with Crippen molar-refractivity contribution in [2.24, 2.45) is 5.41 Å². The van der Waals surface area contributed by atoms with E-state index in [4.69, 9.17) is 0 Å². The zero-order valence-corrected chi connectivity index (χ0v) is 12.4. The van der Waals surface area contributed by atoms with Crippen LogP contribution in [0.5, 0.6) is 0 Å². The van der Waals surface area contributed by atoms with E-state index < -0.39 is 10.0 Å². The third kappa shape index (κ3) is 3.45. The van der Waals surface area contributed by atoms with E-state index in [-0.39, 0.29) is 10.7 Å². The van der Waals surface area contributed by atoms with Crippen molar-refractivity contribution in [3.63, 3.8) is 0 Å². The van der Waals surface area contributed by atoms with Crippen molar-refractivity contribution < 1.29 is 8.42 Å². The summed E-state index contributed by atoms with van der Waals surface area (Å²) in [6.07, 6.45) is 7.04. The van der Waals surface area contributed by atoms with E-state index in [1.807, 2.05) is 0 Å². The van der Waals surface area contributed by atoms with Gasteiger partial charge in [-0.15, -0.1) is 0 Å². The highest BCUT2D eigenvalue weighted by atomic mass is 32.2. The highest BCUT2D eigenvalue weighted by Crippen LogP contribution is 2.43. The molecule has 2 saturated carbocycles. The Kier molecular flexibility index (Phi) is 4.34. The lowest BCUT2D eigenvalue weighted by Crippen LogP contribution is -2.46. The lowest BCUT2D eigenvalue weighted by atomic mass is 9.67. The van der Waals surface area contributed by atoms with Crippen molar-refractivity contribution in [2.45, 2.75) is 63.7 Å². The molecule has 0 aromatic rings. The Morgan fingerprint density at radius 1 is 1.33 bits per heavy atom. The van der Waals surface area contributed by atoms with Gasteiger partial charge in [-0.1, -0.05) is 13.3 Å². The summed E-state index contributed by atoms with van der Waals surface area (Å²) in [5.74, 6) is 0. The van der Waals surface area contributed by atoms with E-state index in [2.05, 4.69) is 17.0 Å². The minimum absolute atomic E-state index is 0.247. The second kappa shape index (κ2) is 5.47. The van der Waals surface area contributed by atoms with Gasteiger partial charge in [-0.3, -0.25) is 0 Å². The third-order valence-corrected chi connectivity index (χ3v) is 6.39. The summed E-state index contributed by atoms with van der Waals surface area (Å²) in [4.78, 5) is 0. The molecule has 2 aliphatic carbocycles. The number of sulfonamides is 1. The fourth-order valence-electron chi connectivity index (χ4n) is 2.46. The van der Waals surface area contributed by atoms with Gasteiger partial charge >= 0.3 is 0 Å². The van der Waals surface area contributed by atoms with Gasteiger partial charge in [-0.05, 0) is 44.4 Å². The molecule has 0 saturated heterocycles. The first-order valence-corrected chi connectivity index (χ1v) is 8.74. The predicted octanol–water partition coefficient (Wildman–Crippen LogP) is 1.63. The van der Waals surface area contributed by atoms with Crippen LogP contribution in [-0.2, 0) is 10.0 Å². The van der Waals surface area contributed by atoms with E-state index in [0.717, 1.165) is 6.42 Å². The molecule has 4 nitrogen and oxygen atoms in total. The third-order valence-electron chi connectivity index (χ3n) is 4.61. The molecule has 2 aliphatic rings. The maximum Gasteiger partial charge on any atom is 0.215 e. The smallest absolute Gasteiger partial charge is 0.215 e. The monoisotopic (exact) mass is 274 g/mol. The van der Waals surface area contributed by atoms with Crippen LogP contribution in [0, 0.1) is 5.41 Å². The van der Waals surface area contributed by atoms with Crippen LogP contribution in [0.25, 0.3) is 0 Å². The highest BCUT2D eigenvalue weighted by Gasteiger charge is 2.36. The Balaban J connectivity index is 1.78. The maximum atomic E-state index is 12.1. The van der Waals surface area contributed by atoms with Crippen LogP contribution in [0.1, 0.15) is 52.4 Å². The SMILES string of the molecule is CCC1(CNS(=O)(=O)C(C)CNC2CC2)CCC1. The van der Waals surface area contributed by atoms with Crippen LogP contribution in [0.2, 0.25) is 0 Å². The molecular weight excluding hydrogens is 248 g/mol. The topological polar surface area (TPSA) is 58.2 Å². The van der Waals surface area contributed by atoms with Gasteiger partial charge < -0.3 is 5.32 Å². The lowest BCUT2D eigenvalue weighted by molar-refractivity contribution is 0.133. The Morgan fingerprint density at radius 3 is 2.44 bits per heavy atom. The summed E-state index contributed by atoms with van der Waals surface area (Å²) in [6, 6.07) is 0.566. The van der Waals surface area contributed by atoms with Crippen molar-refractivity contribution in [3.05, 3.63) is 0 Å². The van der Waals surface area contributed by atoms with Gasteiger partial charge in [0.25, 0.3) is 0 Å². The minimum Gasteiger partial charge on any atom is -0.313 e. The van der Waals surface area contributed by atoms with Gasteiger partial charge in [0, 0.05) is 19.1 Å². The van der Waals surface area contributed by atoms with Gasteiger partial charge in [0.15, 0.2) is 0 Å². The average molecular weight is 274 g/mol. The Bertz CT molecular complexity index is 367. The van der Waals surface area contributed by atoms with Crippen molar-refractivity contribution in [3.8, 4) is 0 Å². The van der Waals surface area contributed by atoms with Gasteiger partial charge in [0.05, 0.1) is 5.25 Å². The molecule has 0 amide bonds. The molecular formula is C13H26N2O2S. The van der Waals surface area contributed by atoms with E-state index in [1.54, 1.807) is 6.92 Å². The van der Waals surface area contributed by atoms with Crippen molar-refractivity contribution in [2.75, 3.05) is 13.1 Å². The number of hydrogen-bond donors (Lipinski definition) is 2. The molecule has 18 heavy (non-hydrogen) atoms. The minimum atomic E-state index is -3.16. The summed E-state index contributed by atoms with van der Waals surface area (Å²) in [5, 5.41) is 2.94. The Labute approximate surface area is 111 Å². The summed E-state index contributed by atoms with van der Waals surface area (Å²) in [7, 11) is -3.16. The standard InChI is InChI=1S/C13H26N2O2S/c1-3-13(7-4-8-13)10-15-18(16,17)11(2)9-14-12-5-6-12/h11-12,14-15H,3-10H2,1-2H3. The van der Waals surface area contributed by atoms with E-state index in [0.29, 0.717) is 19.1 Å². The summed E-state index contributed by atoms with van der Waals surface area (Å²) in [6.45, 7) is 5.14. The van der Waals surface area contributed by atoms with Gasteiger partial charge in [0.1, 0.15) is 0 Å². The van der Waals surface area contributed by atoms with Crippen LogP contribution in [0.4, 0.5) is 0 Å². The second-order valence-electron chi connectivity index (χ2n) is 6.07. The quantitative estimate of drug-likeness (QED) is 0.707. The first kappa shape index (κ1) is 14.3. The molecule has 106 valence electrons.